The van der Waals surface area contributed by atoms with Crippen molar-refractivity contribution in [2.24, 2.45) is 0 Å². The largest absolute Gasteiger partial charge is 0.152 e. The lowest BCUT2D eigenvalue weighted by Gasteiger charge is -2.00. The highest BCUT2D eigenvalue weighted by molar-refractivity contribution is 7.98. The third-order valence-corrected chi connectivity index (χ3v) is 3.22. The predicted molar refractivity (Wildman–Crippen MR) is 50.8 cm³/mol. The van der Waals surface area contributed by atoms with Gasteiger partial charge in [0, 0.05) is 11.5 Å². The first-order chi connectivity index (χ1) is 5.40. The third kappa shape index (κ3) is 1.30. The van der Waals surface area contributed by atoms with E-state index in [4.69, 9.17) is 0 Å². The smallest absolute Gasteiger partial charge is 0.0191 e. The number of aryl methyl sites for hydroxylation is 1. The van der Waals surface area contributed by atoms with E-state index in [0.29, 0.717) is 0 Å². The van der Waals surface area contributed by atoms with Crippen LogP contribution in [0.25, 0.3) is 0 Å². The average Bonchev–Trinajstić information content (AvgIpc) is 2.50. The fourth-order valence-corrected chi connectivity index (χ4v) is 2.54. The van der Waals surface area contributed by atoms with Crippen molar-refractivity contribution in [3.8, 4) is 0 Å². The Kier molecular flexibility index (Phi) is 1.91. The fraction of sp³-hybridized carbons (Fsp3) is 0.400. The van der Waals surface area contributed by atoms with Gasteiger partial charge in [0.15, 0.2) is 0 Å². The predicted octanol–water partition coefficient (Wildman–Crippen LogP) is 3.00. The van der Waals surface area contributed by atoms with Crippen molar-refractivity contribution in [3.63, 3.8) is 0 Å². The topological polar surface area (TPSA) is 0 Å². The molecule has 1 aliphatic heterocycles. The van der Waals surface area contributed by atoms with Crippen LogP contribution in [0.1, 0.15) is 23.6 Å². The number of hydrogen-bond donors (Lipinski definition) is 0. The summed E-state index contributed by atoms with van der Waals surface area (Å²) in [6.07, 6.45) is 1.16. The Morgan fingerprint density at radius 2 is 2.09 bits per heavy atom. The molecular weight excluding hydrogens is 152 g/mol. The minimum absolute atomic E-state index is 1.16. The van der Waals surface area contributed by atoms with Crippen molar-refractivity contribution in [1.29, 1.82) is 0 Å². The molecule has 1 aliphatic rings. The molecule has 0 saturated heterocycles. The number of rotatable bonds is 1. The lowest BCUT2D eigenvalue weighted by Crippen LogP contribution is -1.85. The molecule has 0 amide bonds. The summed E-state index contributed by atoms with van der Waals surface area (Å²) in [4.78, 5) is 0. The molecule has 0 N–H and O–H groups in total. The Morgan fingerprint density at radius 3 is 2.91 bits per heavy atom. The second-order valence-corrected chi connectivity index (χ2v) is 3.94. The lowest BCUT2D eigenvalue weighted by molar-refractivity contribution is 1.12. The molecule has 0 radical (unpaired) electrons. The summed E-state index contributed by atoms with van der Waals surface area (Å²) in [5.74, 6) is 2.45. The average molecular weight is 164 g/mol. The first-order valence-corrected chi connectivity index (χ1v) is 5.24. The van der Waals surface area contributed by atoms with Crippen LogP contribution in [-0.2, 0) is 17.9 Å². The molecule has 58 valence electrons. The quantitative estimate of drug-likeness (QED) is 0.615. The summed E-state index contributed by atoms with van der Waals surface area (Å²) in [7, 11) is 0. The van der Waals surface area contributed by atoms with Crippen LogP contribution in [-0.4, -0.2) is 0 Å². The summed E-state index contributed by atoms with van der Waals surface area (Å²) >= 11 is 2.02. The Bertz CT molecular complexity index is 266. The maximum absolute atomic E-state index is 2.36. The van der Waals surface area contributed by atoms with Crippen molar-refractivity contribution >= 4 is 11.8 Å². The first kappa shape index (κ1) is 7.23. The molecule has 0 spiro atoms. The van der Waals surface area contributed by atoms with Gasteiger partial charge in [-0.05, 0) is 23.1 Å². The lowest BCUT2D eigenvalue weighted by atomic mass is 10.1. The Balaban J connectivity index is 2.41. The van der Waals surface area contributed by atoms with Crippen LogP contribution in [0.3, 0.4) is 0 Å². The molecule has 0 aliphatic carbocycles. The molecule has 1 heterocycles. The van der Waals surface area contributed by atoms with Crippen LogP contribution < -0.4 is 0 Å². The van der Waals surface area contributed by atoms with E-state index >= 15 is 0 Å². The molecule has 2 rings (SSSR count). The van der Waals surface area contributed by atoms with Gasteiger partial charge in [0.25, 0.3) is 0 Å². The molecule has 1 aromatic rings. The van der Waals surface area contributed by atoms with E-state index < -0.39 is 0 Å². The zero-order chi connectivity index (χ0) is 7.68. The van der Waals surface area contributed by atoms with Gasteiger partial charge in [-0.15, -0.1) is 0 Å². The monoisotopic (exact) mass is 164 g/mol. The van der Waals surface area contributed by atoms with Crippen molar-refractivity contribution < 1.29 is 0 Å². The van der Waals surface area contributed by atoms with Gasteiger partial charge < -0.3 is 0 Å². The Labute approximate surface area is 72.0 Å². The van der Waals surface area contributed by atoms with Crippen LogP contribution in [0.2, 0.25) is 0 Å². The standard InChI is InChI=1S/C10H12S/c1-2-8-3-4-9-6-11-7-10(9)5-8/h3-5H,2,6-7H2,1H3. The minimum atomic E-state index is 1.16. The highest BCUT2D eigenvalue weighted by Gasteiger charge is 2.09. The SMILES string of the molecule is CCc1ccc2c(c1)CSC2. The van der Waals surface area contributed by atoms with Gasteiger partial charge in [-0.2, -0.15) is 11.8 Å². The van der Waals surface area contributed by atoms with E-state index in [1.54, 1.807) is 11.1 Å². The van der Waals surface area contributed by atoms with Crippen LogP contribution >= 0.6 is 11.8 Å². The molecule has 0 fully saturated rings. The molecule has 1 heteroatoms. The van der Waals surface area contributed by atoms with E-state index in [1.165, 1.54) is 17.1 Å². The molecule has 0 nitrogen and oxygen atoms in total. The first-order valence-electron chi connectivity index (χ1n) is 4.08. The van der Waals surface area contributed by atoms with E-state index in [0.717, 1.165) is 6.42 Å². The number of thioether (sulfide) groups is 1. The van der Waals surface area contributed by atoms with E-state index in [2.05, 4.69) is 25.1 Å². The molecule has 1 aromatic carbocycles. The molecule has 0 atom stereocenters. The molecule has 0 unspecified atom stereocenters. The zero-order valence-electron chi connectivity index (χ0n) is 6.76. The number of benzene rings is 1. The van der Waals surface area contributed by atoms with Gasteiger partial charge in [0.05, 0.1) is 0 Å². The molecule has 0 bridgehead atoms. The zero-order valence-corrected chi connectivity index (χ0v) is 7.58. The summed E-state index contributed by atoms with van der Waals surface area (Å²) in [6, 6.07) is 6.90. The minimum Gasteiger partial charge on any atom is -0.152 e. The van der Waals surface area contributed by atoms with Gasteiger partial charge in [-0.25, -0.2) is 0 Å². The van der Waals surface area contributed by atoms with E-state index in [9.17, 15) is 0 Å². The highest BCUT2D eigenvalue weighted by atomic mass is 32.2. The van der Waals surface area contributed by atoms with Crippen LogP contribution in [0.4, 0.5) is 0 Å². The van der Waals surface area contributed by atoms with Crippen molar-refractivity contribution in [2.45, 2.75) is 24.9 Å². The third-order valence-electron chi connectivity index (χ3n) is 2.19. The van der Waals surface area contributed by atoms with Gasteiger partial charge in [0.1, 0.15) is 0 Å². The maximum atomic E-state index is 2.36. The van der Waals surface area contributed by atoms with E-state index in [1.807, 2.05) is 11.8 Å². The maximum Gasteiger partial charge on any atom is 0.0191 e. The Morgan fingerprint density at radius 1 is 1.27 bits per heavy atom. The van der Waals surface area contributed by atoms with Gasteiger partial charge >= 0.3 is 0 Å². The number of hydrogen-bond acceptors (Lipinski definition) is 1. The van der Waals surface area contributed by atoms with Gasteiger partial charge in [-0.3, -0.25) is 0 Å². The van der Waals surface area contributed by atoms with E-state index in [-0.39, 0.29) is 0 Å². The van der Waals surface area contributed by atoms with Gasteiger partial charge in [0.2, 0.25) is 0 Å². The van der Waals surface area contributed by atoms with Crippen LogP contribution in [0.15, 0.2) is 18.2 Å². The number of fused-ring (bicyclic) bond motifs is 1. The molecule has 0 aromatic heterocycles. The molecule has 11 heavy (non-hydrogen) atoms. The molecule has 0 saturated carbocycles. The van der Waals surface area contributed by atoms with Crippen LogP contribution in [0, 0.1) is 0 Å². The second-order valence-electron chi connectivity index (χ2n) is 2.95. The highest BCUT2D eigenvalue weighted by Crippen LogP contribution is 2.30. The second kappa shape index (κ2) is 2.90. The van der Waals surface area contributed by atoms with Crippen LogP contribution in [0.5, 0.6) is 0 Å². The Hall–Kier alpha value is -0.430. The summed E-state index contributed by atoms with van der Waals surface area (Å²) in [5, 5.41) is 0. The summed E-state index contributed by atoms with van der Waals surface area (Å²) in [6.45, 7) is 2.21. The summed E-state index contributed by atoms with van der Waals surface area (Å²) < 4.78 is 0. The fourth-order valence-electron chi connectivity index (χ4n) is 1.45. The van der Waals surface area contributed by atoms with Gasteiger partial charge in [-0.1, -0.05) is 25.1 Å². The normalized spacial score (nSPS) is 15.0. The van der Waals surface area contributed by atoms with Crippen molar-refractivity contribution in [2.75, 3.05) is 0 Å². The molecular formula is C10H12S. The van der Waals surface area contributed by atoms with Crippen molar-refractivity contribution in [3.05, 3.63) is 34.9 Å². The van der Waals surface area contributed by atoms with Crippen molar-refractivity contribution in [1.82, 2.24) is 0 Å². The summed E-state index contributed by atoms with van der Waals surface area (Å²) in [5.41, 5.74) is 4.59.